The standard InChI is InChI=1S/C17H10ClN3O2/c18-12-8-7-11(9-15(12)21(22)23)17-19-13-5-1-3-10-4-2-6-14(20-17)16(10)13/h1-9H,(H,19,20). The van der Waals surface area contributed by atoms with E-state index in [4.69, 9.17) is 11.6 Å². The lowest BCUT2D eigenvalue weighted by Crippen LogP contribution is -2.16. The van der Waals surface area contributed by atoms with Crippen molar-refractivity contribution in [2.24, 2.45) is 4.99 Å². The van der Waals surface area contributed by atoms with Crippen LogP contribution in [0.2, 0.25) is 5.02 Å². The molecule has 0 saturated carbocycles. The van der Waals surface area contributed by atoms with Crippen molar-refractivity contribution >= 4 is 45.3 Å². The van der Waals surface area contributed by atoms with Gasteiger partial charge in [0, 0.05) is 22.7 Å². The van der Waals surface area contributed by atoms with Gasteiger partial charge in [0.15, 0.2) is 0 Å². The highest BCUT2D eigenvalue weighted by Gasteiger charge is 2.19. The van der Waals surface area contributed by atoms with E-state index >= 15 is 0 Å². The maximum atomic E-state index is 11.1. The van der Waals surface area contributed by atoms with Crippen LogP contribution in [0.3, 0.4) is 0 Å². The summed E-state index contributed by atoms with van der Waals surface area (Å²) in [5.41, 5.74) is 2.25. The molecule has 0 radical (unpaired) electrons. The Kier molecular flexibility index (Phi) is 3.02. The molecule has 4 rings (SSSR count). The van der Waals surface area contributed by atoms with Crippen molar-refractivity contribution < 1.29 is 4.92 Å². The summed E-state index contributed by atoms with van der Waals surface area (Å²) in [5, 5.41) is 16.6. The number of rotatable bonds is 2. The second-order valence-electron chi connectivity index (χ2n) is 5.19. The van der Waals surface area contributed by atoms with E-state index in [2.05, 4.69) is 10.3 Å². The highest BCUT2D eigenvalue weighted by Crippen LogP contribution is 2.37. The third-order valence-electron chi connectivity index (χ3n) is 3.78. The molecule has 3 aromatic carbocycles. The number of benzene rings is 3. The molecule has 1 heterocycles. The zero-order valence-corrected chi connectivity index (χ0v) is 12.5. The zero-order chi connectivity index (χ0) is 16.0. The smallest absolute Gasteiger partial charge is 0.288 e. The van der Waals surface area contributed by atoms with Gasteiger partial charge in [0.2, 0.25) is 0 Å². The number of amidine groups is 1. The Hall–Kier alpha value is -2.92. The average molecular weight is 324 g/mol. The molecule has 1 N–H and O–H groups in total. The first-order valence-corrected chi connectivity index (χ1v) is 7.33. The van der Waals surface area contributed by atoms with Crippen LogP contribution in [0.15, 0.2) is 59.6 Å². The van der Waals surface area contributed by atoms with Gasteiger partial charge >= 0.3 is 0 Å². The number of hydrogen-bond donors (Lipinski definition) is 1. The monoisotopic (exact) mass is 323 g/mol. The van der Waals surface area contributed by atoms with Crippen molar-refractivity contribution in [1.29, 1.82) is 0 Å². The van der Waals surface area contributed by atoms with Gasteiger partial charge in [0.05, 0.1) is 10.6 Å². The zero-order valence-electron chi connectivity index (χ0n) is 11.8. The van der Waals surface area contributed by atoms with E-state index < -0.39 is 4.92 Å². The number of nitro benzene ring substituents is 1. The molecule has 5 nitrogen and oxygen atoms in total. The Morgan fingerprint density at radius 3 is 2.65 bits per heavy atom. The van der Waals surface area contributed by atoms with Gasteiger partial charge in [0.25, 0.3) is 5.69 Å². The van der Waals surface area contributed by atoms with Gasteiger partial charge < -0.3 is 5.32 Å². The SMILES string of the molecule is O=[N+]([O-])c1cc(C2=Nc3cccc4cccc(c34)N2)ccc1Cl. The predicted octanol–water partition coefficient (Wildman–Crippen LogP) is 4.91. The number of nitro groups is 1. The molecule has 23 heavy (non-hydrogen) atoms. The van der Waals surface area contributed by atoms with Crippen LogP contribution in [0.4, 0.5) is 17.1 Å². The summed E-state index contributed by atoms with van der Waals surface area (Å²) < 4.78 is 0. The lowest BCUT2D eigenvalue weighted by Gasteiger charge is -2.19. The van der Waals surface area contributed by atoms with Crippen molar-refractivity contribution in [3.8, 4) is 0 Å². The average Bonchev–Trinajstić information content (AvgIpc) is 2.55. The Bertz CT molecular complexity index is 993. The molecular formula is C17H10ClN3O2. The van der Waals surface area contributed by atoms with Gasteiger partial charge in [-0.3, -0.25) is 10.1 Å². The van der Waals surface area contributed by atoms with E-state index in [1.54, 1.807) is 6.07 Å². The number of nitrogens with zero attached hydrogens (tertiary/aromatic N) is 2. The van der Waals surface area contributed by atoms with E-state index in [0.29, 0.717) is 11.4 Å². The summed E-state index contributed by atoms with van der Waals surface area (Å²) in [5.74, 6) is 0.566. The molecule has 1 aliphatic rings. The highest BCUT2D eigenvalue weighted by molar-refractivity contribution is 6.33. The molecule has 1 aliphatic heterocycles. The van der Waals surface area contributed by atoms with Crippen molar-refractivity contribution in [3.05, 3.63) is 75.3 Å². The fraction of sp³-hybridized carbons (Fsp3) is 0. The number of nitrogens with one attached hydrogen (secondary N) is 1. The van der Waals surface area contributed by atoms with Crippen molar-refractivity contribution in [2.45, 2.75) is 0 Å². The van der Waals surface area contributed by atoms with Gasteiger partial charge in [-0.15, -0.1) is 0 Å². The van der Waals surface area contributed by atoms with Crippen LogP contribution >= 0.6 is 11.6 Å². The molecule has 0 aromatic heterocycles. The van der Waals surface area contributed by atoms with Gasteiger partial charge in [0.1, 0.15) is 10.9 Å². The lowest BCUT2D eigenvalue weighted by atomic mass is 10.0. The maximum absolute atomic E-state index is 11.1. The van der Waals surface area contributed by atoms with Crippen LogP contribution in [0.25, 0.3) is 10.8 Å². The predicted molar refractivity (Wildman–Crippen MR) is 91.9 cm³/mol. The second-order valence-corrected chi connectivity index (χ2v) is 5.60. The van der Waals surface area contributed by atoms with Crippen molar-refractivity contribution in [3.63, 3.8) is 0 Å². The first kappa shape index (κ1) is 13.7. The second kappa shape index (κ2) is 5.07. The number of halogens is 1. The topological polar surface area (TPSA) is 67.5 Å². The van der Waals surface area contributed by atoms with Crippen LogP contribution < -0.4 is 5.32 Å². The Morgan fingerprint density at radius 2 is 1.87 bits per heavy atom. The van der Waals surface area contributed by atoms with E-state index in [1.807, 2.05) is 36.4 Å². The molecule has 0 saturated heterocycles. The summed E-state index contributed by atoms with van der Waals surface area (Å²) in [6.07, 6.45) is 0. The Labute approximate surface area is 136 Å². The van der Waals surface area contributed by atoms with Gasteiger partial charge in [-0.25, -0.2) is 4.99 Å². The minimum absolute atomic E-state index is 0.109. The molecular weight excluding hydrogens is 314 g/mol. The van der Waals surface area contributed by atoms with Crippen LogP contribution in [-0.2, 0) is 0 Å². The fourth-order valence-corrected chi connectivity index (χ4v) is 2.92. The molecule has 112 valence electrons. The fourth-order valence-electron chi connectivity index (χ4n) is 2.73. The van der Waals surface area contributed by atoms with Crippen molar-refractivity contribution in [1.82, 2.24) is 0 Å². The summed E-state index contributed by atoms with van der Waals surface area (Å²) in [7, 11) is 0. The summed E-state index contributed by atoms with van der Waals surface area (Å²) in [4.78, 5) is 15.2. The van der Waals surface area contributed by atoms with Crippen LogP contribution in [0, 0.1) is 10.1 Å². The third-order valence-corrected chi connectivity index (χ3v) is 4.10. The van der Waals surface area contributed by atoms with E-state index in [9.17, 15) is 10.1 Å². The number of aliphatic imine (C=N–C) groups is 1. The molecule has 0 spiro atoms. The van der Waals surface area contributed by atoms with E-state index in [-0.39, 0.29) is 10.7 Å². The Morgan fingerprint density at radius 1 is 1.09 bits per heavy atom. The molecule has 0 aliphatic carbocycles. The lowest BCUT2D eigenvalue weighted by molar-refractivity contribution is -0.384. The summed E-state index contributed by atoms with van der Waals surface area (Å²) in [6.45, 7) is 0. The Balaban J connectivity index is 1.89. The quantitative estimate of drug-likeness (QED) is 0.538. The first-order chi connectivity index (χ1) is 11.1. The number of hydrogen-bond acceptors (Lipinski definition) is 4. The molecule has 0 atom stereocenters. The molecule has 0 unspecified atom stereocenters. The molecule has 0 bridgehead atoms. The third kappa shape index (κ3) is 2.22. The summed E-state index contributed by atoms with van der Waals surface area (Å²) >= 11 is 5.87. The van der Waals surface area contributed by atoms with Crippen LogP contribution in [0.1, 0.15) is 5.56 Å². The maximum Gasteiger partial charge on any atom is 0.288 e. The van der Waals surface area contributed by atoms with E-state index in [1.165, 1.54) is 12.1 Å². The van der Waals surface area contributed by atoms with E-state index in [0.717, 1.165) is 22.1 Å². The first-order valence-electron chi connectivity index (χ1n) is 6.95. The minimum atomic E-state index is -0.496. The summed E-state index contributed by atoms with van der Waals surface area (Å²) in [6, 6.07) is 16.5. The molecule has 6 heteroatoms. The van der Waals surface area contributed by atoms with Gasteiger partial charge in [-0.1, -0.05) is 35.9 Å². The van der Waals surface area contributed by atoms with Gasteiger partial charge in [-0.05, 0) is 29.7 Å². The number of anilines is 1. The molecule has 0 amide bonds. The van der Waals surface area contributed by atoms with Crippen molar-refractivity contribution in [2.75, 3.05) is 5.32 Å². The van der Waals surface area contributed by atoms with Crippen LogP contribution in [-0.4, -0.2) is 10.8 Å². The minimum Gasteiger partial charge on any atom is -0.339 e. The normalized spacial score (nSPS) is 12.7. The largest absolute Gasteiger partial charge is 0.339 e. The highest BCUT2D eigenvalue weighted by atomic mass is 35.5. The van der Waals surface area contributed by atoms with Crippen LogP contribution in [0.5, 0.6) is 0 Å². The molecule has 3 aromatic rings. The van der Waals surface area contributed by atoms with Gasteiger partial charge in [-0.2, -0.15) is 0 Å². The molecule has 0 fully saturated rings.